The highest BCUT2D eigenvalue weighted by Crippen LogP contribution is 2.29. The summed E-state index contributed by atoms with van der Waals surface area (Å²) in [4.78, 5) is 6.59. The molecule has 0 radical (unpaired) electrons. The summed E-state index contributed by atoms with van der Waals surface area (Å²) in [6.07, 6.45) is 7.15. The number of nitrogens with zero attached hydrogens (tertiary/aromatic N) is 2. The van der Waals surface area contributed by atoms with Crippen molar-refractivity contribution in [3.63, 3.8) is 0 Å². The molecule has 0 saturated heterocycles. The van der Waals surface area contributed by atoms with Crippen LogP contribution in [0.5, 0.6) is 0 Å². The maximum atomic E-state index is 5.99. The van der Waals surface area contributed by atoms with Crippen molar-refractivity contribution in [1.82, 2.24) is 4.98 Å². The van der Waals surface area contributed by atoms with Crippen molar-refractivity contribution < 1.29 is 0 Å². The average Bonchev–Trinajstić information content (AvgIpc) is 2.79. The minimum Gasteiger partial charge on any atom is -0.368 e. The molecule has 0 spiro atoms. The summed E-state index contributed by atoms with van der Waals surface area (Å²) < 4.78 is 0. The molecule has 1 fully saturated rings. The molecule has 0 N–H and O–H groups in total. The van der Waals surface area contributed by atoms with Gasteiger partial charge >= 0.3 is 0 Å². The summed E-state index contributed by atoms with van der Waals surface area (Å²) in [5.74, 6) is 0.669. The Morgan fingerprint density at radius 3 is 2.71 bits per heavy atom. The van der Waals surface area contributed by atoms with E-state index < -0.39 is 0 Å². The van der Waals surface area contributed by atoms with Gasteiger partial charge in [-0.05, 0) is 30.9 Å². The van der Waals surface area contributed by atoms with Gasteiger partial charge in [0.15, 0.2) is 0 Å². The molecule has 1 saturated carbocycles. The maximum Gasteiger partial charge on any atom is 0.131 e. The first-order valence-electron chi connectivity index (χ1n) is 6.55. The van der Waals surface area contributed by atoms with Crippen LogP contribution in [0.25, 0.3) is 0 Å². The van der Waals surface area contributed by atoms with Gasteiger partial charge in [0, 0.05) is 24.5 Å². The molecule has 0 amide bonds. The van der Waals surface area contributed by atoms with E-state index in [0.717, 1.165) is 6.54 Å². The van der Waals surface area contributed by atoms with Gasteiger partial charge in [-0.2, -0.15) is 0 Å². The van der Waals surface area contributed by atoms with Crippen LogP contribution in [-0.4, -0.2) is 17.6 Å². The molecule has 2 nitrogen and oxygen atoms in total. The van der Waals surface area contributed by atoms with Gasteiger partial charge in [-0.1, -0.05) is 38.3 Å². The van der Waals surface area contributed by atoms with Crippen LogP contribution in [0.3, 0.4) is 0 Å². The molecule has 0 aliphatic heterocycles. The van der Waals surface area contributed by atoms with Gasteiger partial charge < -0.3 is 4.90 Å². The smallest absolute Gasteiger partial charge is 0.131 e. The molecule has 0 unspecified atom stereocenters. The Kier molecular flexibility index (Phi) is 4.27. The van der Waals surface area contributed by atoms with Crippen molar-refractivity contribution >= 4 is 17.3 Å². The number of pyridine rings is 1. The Morgan fingerprint density at radius 1 is 1.41 bits per heavy atom. The lowest BCUT2D eigenvalue weighted by Crippen LogP contribution is -2.36. The van der Waals surface area contributed by atoms with Gasteiger partial charge in [0.2, 0.25) is 0 Å². The van der Waals surface area contributed by atoms with E-state index in [1.165, 1.54) is 31.4 Å². The second kappa shape index (κ2) is 5.72. The van der Waals surface area contributed by atoms with E-state index in [1.54, 1.807) is 6.20 Å². The molecule has 0 aromatic carbocycles. The lowest BCUT2D eigenvalue weighted by molar-refractivity contribution is 0.536. The van der Waals surface area contributed by atoms with E-state index in [-0.39, 0.29) is 0 Å². The van der Waals surface area contributed by atoms with Crippen molar-refractivity contribution in [3.05, 3.63) is 23.5 Å². The molecule has 2 rings (SSSR count). The van der Waals surface area contributed by atoms with E-state index >= 15 is 0 Å². The fourth-order valence-electron chi connectivity index (χ4n) is 2.65. The van der Waals surface area contributed by atoms with Crippen molar-refractivity contribution in [1.29, 1.82) is 0 Å². The van der Waals surface area contributed by atoms with E-state index in [0.29, 0.717) is 17.1 Å². The summed E-state index contributed by atoms with van der Waals surface area (Å²) in [5, 5.41) is 0.592. The molecule has 17 heavy (non-hydrogen) atoms. The fourth-order valence-corrected chi connectivity index (χ4v) is 2.81. The zero-order valence-electron chi connectivity index (χ0n) is 10.7. The molecule has 1 aromatic rings. The summed E-state index contributed by atoms with van der Waals surface area (Å²) in [5.41, 5.74) is 1.23. The zero-order chi connectivity index (χ0) is 12.3. The minimum absolute atomic E-state index is 0.592. The molecular weight excluding hydrogens is 232 g/mol. The van der Waals surface area contributed by atoms with Crippen LogP contribution in [0.15, 0.2) is 18.3 Å². The Labute approximate surface area is 109 Å². The average molecular weight is 253 g/mol. The van der Waals surface area contributed by atoms with Crippen LogP contribution in [0.1, 0.15) is 39.5 Å². The van der Waals surface area contributed by atoms with Gasteiger partial charge in [-0.25, -0.2) is 4.98 Å². The normalized spacial score (nSPS) is 16.7. The number of hydrogen-bond acceptors (Lipinski definition) is 2. The lowest BCUT2D eigenvalue weighted by Gasteiger charge is -2.32. The largest absolute Gasteiger partial charge is 0.368 e. The number of rotatable bonds is 4. The van der Waals surface area contributed by atoms with Gasteiger partial charge in [-0.15, -0.1) is 0 Å². The molecule has 3 heteroatoms. The minimum atomic E-state index is 0.592. The van der Waals surface area contributed by atoms with E-state index in [4.69, 9.17) is 11.6 Å². The third-order valence-electron chi connectivity index (χ3n) is 3.37. The monoisotopic (exact) mass is 252 g/mol. The first-order valence-corrected chi connectivity index (χ1v) is 6.93. The molecular formula is C14H21ClN2. The molecule has 1 heterocycles. The summed E-state index contributed by atoms with van der Waals surface area (Å²) >= 11 is 5.99. The molecule has 1 aromatic heterocycles. The first-order chi connectivity index (χ1) is 8.16. The summed E-state index contributed by atoms with van der Waals surface area (Å²) in [6, 6.07) is 4.75. The van der Waals surface area contributed by atoms with Crippen LogP contribution in [0, 0.1) is 5.92 Å². The Balaban J connectivity index is 2.19. The van der Waals surface area contributed by atoms with E-state index in [2.05, 4.69) is 29.8 Å². The number of hydrogen-bond donors (Lipinski definition) is 0. The van der Waals surface area contributed by atoms with Crippen molar-refractivity contribution in [2.24, 2.45) is 5.92 Å². The predicted molar refractivity (Wildman–Crippen MR) is 73.7 cm³/mol. The summed E-state index contributed by atoms with van der Waals surface area (Å²) in [7, 11) is 0. The fraction of sp³-hybridized carbons (Fsp3) is 0.643. The molecule has 1 aliphatic rings. The number of aromatic nitrogens is 1. The van der Waals surface area contributed by atoms with Crippen molar-refractivity contribution in [3.8, 4) is 0 Å². The quantitative estimate of drug-likeness (QED) is 0.749. The van der Waals surface area contributed by atoms with E-state index in [9.17, 15) is 0 Å². The van der Waals surface area contributed by atoms with Gasteiger partial charge in [0.25, 0.3) is 0 Å². The third kappa shape index (κ3) is 3.35. The maximum absolute atomic E-state index is 5.99. The molecule has 94 valence electrons. The highest BCUT2D eigenvalue weighted by atomic mass is 35.5. The Hall–Kier alpha value is -0.760. The predicted octanol–water partition coefficient (Wildman–Crippen LogP) is 4.14. The van der Waals surface area contributed by atoms with Crippen LogP contribution in [0.4, 0.5) is 5.69 Å². The Morgan fingerprint density at radius 2 is 2.12 bits per heavy atom. The molecule has 0 bridgehead atoms. The van der Waals surface area contributed by atoms with Crippen molar-refractivity contribution in [2.45, 2.75) is 45.6 Å². The van der Waals surface area contributed by atoms with Gasteiger partial charge in [0.1, 0.15) is 5.15 Å². The van der Waals surface area contributed by atoms with Gasteiger partial charge in [-0.3, -0.25) is 0 Å². The third-order valence-corrected chi connectivity index (χ3v) is 3.58. The highest BCUT2D eigenvalue weighted by molar-refractivity contribution is 6.29. The van der Waals surface area contributed by atoms with Gasteiger partial charge in [0.05, 0.1) is 0 Å². The Bertz CT molecular complexity index is 359. The number of anilines is 1. The van der Waals surface area contributed by atoms with Crippen LogP contribution >= 0.6 is 11.6 Å². The van der Waals surface area contributed by atoms with Crippen LogP contribution in [-0.2, 0) is 0 Å². The van der Waals surface area contributed by atoms with Crippen LogP contribution < -0.4 is 4.90 Å². The molecule has 0 atom stereocenters. The van der Waals surface area contributed by atoms with Crippen LogP contribution in [0.2, 0.25) is 5.15 Å². The SMILES string of the molecule is CC(C)CN(c1ccnc(Cl)c1)C1CCCC1. The number of halogens is 1. The second-order valence-corrected chi connectivity index (χ2v) is 5.71. The van der Waals surface area contributed by atoms with Crippen molar-refractivity contribution in [2.75, 3.05) is 11.4 Å². The van der Waals surface area contributed by atoms with E-state index in [1.807, 2.05) is 6.07 Å². The highest BCUT2D eigenvalue weighted by Gasteiger charge is 2.23. The standard InChI is InChI=1S/C14H21ClN2/c1-11(2)10-17(12-5-3-4-6-12)13-7-8-16-14(15)9-13/h7-9,11-12H,3-6,10H2,1-2H3. The topological polar surface area (TPSA) is 16.1 Å². The molecule has 1 aliphatic carbocycles. The first kappa shape index (κ1) is 12.7. The lowest BCUT2D eigenvalue weighted by atomic mass is 10.1. The summed E-state index contributed by atoms with van der Waals surface area (Å²) in [6.45, 7) is 5.64. The zero-order valence-corrected chi connectivity index (χ0v) is 11.5. The second-order valence-electron chi connectivity index (χ2n) is 5.32.